The number of likely N-dealkylation sites (tertiary alicyclic amines) is 1. The third-order valence-corrected chi connectivity index (χ3v) is 8.03. The van der Waals surface area contributed by atoms with E-state index < -0.39 is 17.8 Å². The number of aliphatic hydroxyl groups excluding tert-OH is 1. The van der Waals surface area contributed by atoms with Crippen LogP contribution < -0.4 is 18.9 Å². The average Bonchev–Trinajstić information content (AvgIpc) is 2.96. The zero-order chi connectivity index (χ0) is 28.6. The van der Waals surface area contributed by atoms with Crippen molar-refractivity contribution >= 4 is 11.1 Å². The van der Waals surface area contributed by atoms with E-state index in [-0.39, 0.29) is 5.75 Å². The number of benzene rings is 3. The lowest BCUT2D eigenvalue weighted by Crippen LogP contribution is -2.33. The molecule has 7 nitrogen and oxygen atoms in total. The number of hydrogen-bond donors (Lipinski definition) is 2. The third kappa shape index (κ3) is 5.88. The quantitative estimate of drug-likeness (QED) is 0.324. The fraction of sp³-hybridized carbons (Fsp3) is 0.412. The lowest BCUT2D eigenvalue weighted by atomic mass is 9.84. The number of aliphatic hydroxyl groups is 1. The third-order valence-electron chi connectivity index (χ3n) is 8.03. The second-order valence-corrected chi connectivity index (χ2v) is 12.2. The molecule has 3 aromatic rings. The van der Waals surface area contributed by atoms with Gasteiger partial charge in [-0.05, 0) is 67.9 Å². The van der Waals surface area contributed by atoms with Crippen molar-refractivity contribution in [3.05, 3.63) is 77.4 Å². The summed E-state index contributed by atoms with van der Waals surface area (Å²) in [6.45, 7) is 10.1. The molecule has 0 amide bonds. The highest BCUT2D eigenvalue weighted by molar-refractivity contribution is 5.99. The molecule has 2 N–H and O–H groups in total. The van der Waals surface area contributed by atoms with Crippen LogP contribution in [0.4, 0.5) is 0 Å². The maximum Gasteiger partial charge on any atom is 0.202 e. The molecule has 1 unspecified atom stereocenters. The van der Waals surface area contributed by atoms with Gasteiger partial charge in [-0.1, -0.05) is 39.3 Å². The van der Waals surface area contributed by atoms with E-state index in [0.29, 0.717) is 30.5 Å². The average molecular weight is 558 g/mol. The van der Waals surface area contributed by atoms with E-state index in [2.05, 4.69) is 17.0 Å². The number of ether oxygens (including phenoxy) is 4. The lowest BCUT2D eigenvalue weighted by molar-refractivity contribution is -0.0932. The van der Waals surface area contributed by atoms with Gasteiger partial charge in [0.05, 0.1) is 0 Å². The van der Waals surface area contributed by atoms with Crippen molar-refractivity contribution in [3.63, 3.8) is 0 Å². The predicted octanol–water partition coefficient (Wildman–Crippen LogP) is 6.44. The van der Waals surface area contributed by atoms with Gasteiger partial charge in [0.2, 0.25) is 6.29 Å². The van der Waals surface area contributed by atoms with Gasteiger partial charge < -0.3 is 29.2 Å². The molecule has 6 rings (SSSR count). The molecule has 3 aromatic carbocycles. The van der Waals surface area contributed by atoms with Crippen molar-refractivity contribution in [2.24, 2.45) is 5.41 Å². The van der Waals surface area contributed by atoms with Gasteiger partial charge in [-0.2, -0.15) is 0 Å². The first-order valence-electron chi connectivity index (χ1n) is 14.6. The number of hydrogen-bond acceptors (Lipinski definition) is 7. The molecule has 0 bridgehead atoms. The molecular formula is C34H39NO6. The molecule has 0 aliphatic carbocycles. The highest BCUT2D eigenvalue weighted by Crippen LogP contribution is 2.52. The zero-order valence-electron chi connectivity index (χ0n) is 24.1. The smallest absolute Gasteiger partial charge is 0.202 e. The van der Waals surface area contributed by atoms with Crippen LogP contribution in [0.1, 0.15) is 62.8 Å². The fourth-order valence-corrected chi connectivity index (χ4v) is 5.63. The van der Waals surface area contributed by atoms with Crippen LogP contribution >= 0.6 is 0 Å². The summed E-state index contributed by atoms with van der Waals surface area (Å²) in [4.78, 5) is 2.47. The SMILES string of the molecule is CC(C)(C)C(O)Oc1ccc2c(c1)O[C@H](c1ccc(OCCN3CCCCC3)cc1)C1=C2COc2cc(O)ccc21. The van der Waals surface area contributed by atoms with Gasteiger partial charge >= 0.3 is 0 Å². The van der Waals surface area contributed by atoms with Crippen molar-refractivity contribution in [3.8, 4) is 28.7 Å². The van der Waals surface area contributed by atoms with Crippen LogP contribution in [-0.4, -0.2) is 54.3 Å². The van der Waals surface area contributed by atoms with Crippen LogP contribution in [0.25, 0.3) is 11.1 Å². The van der Waals surface area contributed by atoms with Gasteiger partial charge in [-0.25, -0.2) is 0 Å². The molecule has 2 atom stereocenters. The minimum absolute atomic E-state index is 0.159. The summed E-state index contributed by atoms with van der Waals surface area (Å²) in [5.41, 5.74) is 4.41. The van der Waals surface area contributed by atoms with Gasteiger partial charge in [-0.3, -0.25) is 4.90 Å². The van der Waals surface area contributed by atoms with Gasteiger partial charge in [0.1, 0.15) is 42.0 Å². The highest BCUT2D eigenvalue weighted by atomic mass is 16.6. The molecule has 0 spiro atoms. The van der Waals surface area contributed by atoms with Gasteiger partial charge in [0.25, 0.3) is 0 Å². The van der Waals surface area contributed by atoms with Crippen LogP contribution in [0, 0.1) is 5.41 Å². The Hall–Kier alpha value is -3.68. The summed E-state index contributed by atoms with van der Waals surface area (Å²) in [7, 11) is 0. The molecule has 0 aromatic heterocycles. The van der Waals surface area contributed by atoms with Crippen LogP contribution in [-0.2, 0) is 0 Å². The molecule has 7 heteroatoms. The number of rotatable bonds is 7. The lowest BCUT2D eigenvalue weighted by Gasteiger charge is -2.35. The van der Waals surface area contributed by atoms with E-state index in [0.717, 1.165) is 53.2 Å². The Kier molecular flexibility index (Phi) is 7.58. The number of aromatic hydroxyl groups is 1. The molecule has 3 heterocycles. The predicted molar refractivity (Wildman–Crippen MR) is 159 cm³/mol. The Morgan fingerprint density at radius 3 is 2.39 bits per heavy atom. The second-order valence-electron chi connectivity index (χ2n) is 12.2. The Bertz CT molecular complexity index is 1420. The highest BCUT2D eigenvalue weighted by Gasteiger charge is 2.36. The normalized spacial score (nSPS) is 19.3. The van der Waals surface area contributed by atoms with Crippen LogP contribution in [0.5, 0.6) is 28.7 Å². The van der Waals surface area contributed by atoms with E-state index in [1.54, 1.807) is 12.1 Å². The maximum atomic E-state index is 10.5. The number of fused-ring (bicyclic) bond motifs is 4. The van der Waals surface area contributed by atoms with E-state index in [1.165, 1.54) is 19.3 Å². The van der Waals surface area contributed by atoms with Crippen LogP contribution in [0.15, 0.2) is 60.7 Å². The van der Waals surface area contributed by atoms with Crippen LogP contribution in [0.3, 0.4) is 0 Å². The topological polar surface area (TPSA) is 80.6 Å². The second kappa shape index (κ2) is 11.3. The number of phenolic OH excluding ortho intramolecular Hbond substituents is 1. The molecule has 0 radical (unpaired) electrons. The maximum absolute atomic E-state index is 10.5. The Balaban J connectivity index is 1.29. The Morgan fingerprint density at radius 2 is 1.63 bits per heavy atom. The summed E-state index contributed by atoms with van der Waals surface area (Å²) in [6.07, 6.45) is 2.51. The first kappa shape index (κ1) is 27.5. The molecular weight excluding hydrogens is 518 g/mol. The molecule has 1 fully saturated rings. The Labute approximate surface area is 241 Å². The first-order valence-corrected chi connectivity index (χ1v) is 14.6. The van der Waals surface area contributed by atoms with Crippen molar-refractivity contribution in [2.45, 2.75) is 52.4 Å². The van der Waals surface area contributed by atoms with Crippen molar-refractivity contribution in [1.82, 2.24) is 4.90 Å². The van der Waals surface area contributed by atoms with Crippen LogP contribution in [0.2, 0.25) is 0 Å². The summed E-state index contributed by atoms with van der Waals surface area (Å²) in [6, 6.07) is 19.0. The molecule has 0 saturated carbocycles. The summed E-state index contributed by atoms with van der Waals surface area (Å²) in [5, 5.41) is 20.6. The minimum atomic E-state index is -0.963. The van der Waals surface area contributed by atoms with Gasteiger partial charge in [-0.15, -0.1) is 0 Å². The molecule has 1 saturated heterocycles. The minimum Gasteiger partial charge on any atom is -0.508 e. The number of nitrogens with zero attached hydrogens (tertiary/aromatic N) is 1. The van der Waals surface area contributed by atoms with Gasteiger partial charge in [0, 0.05) is 46.4 Å². The summed E-state index contributed by atoms with van der Waals surface area (Å²) < 4.78 is 24.7. The summed E-state index contributed by atoms with van der Waals surface area (Å²) in [5.74, 6) is 2.83. The van der Waals surface area contributed by atoms with E-state index in [9.17, 15) is 10.2 Å². The van der Waals surface area contributed by atoms with E-state index in [1.807, 2.05) is 57.2 Å². The Morgan fingerprint density at radius 1 is 0.902 bits per heavy atom. The van der Waals surface area contributed by atoms with Crippen molar-refractivity contribution in [2.75, 3.05) is 32.8 Å². The van der Waals surface area contributed by atoms with E-state index >= 15 is 0 Å². The van der Waals surface area contributed by atoms with Crippen molar-refractivity contribution < 1.29 is 29.2 Å². The molecule has 216 valence electrons. The van der Waals surface area contributed by atoms with Gasteiger partial charge in [0.15, 0.2) is 6.10 Å². The zero-order valence-corrected chi connectivity index (χ0v) is 24.1. The number of phenols is 1. The summed E-state index contributed by atoms with van der Waals surface area (Å²) >= 11 is 0. The largest absolute Gasteiger partial charge is 0.508 e. The fourth-order valence-electron chi connectivity index (χ4n) is 5.63. The first-order chi connectivity index (χ1) is 19.8. The molecule has 41 heavy (non-hydrogen) atoms. The number of piperidine rings is 1. The molecule has 3 aliphatic heterocycles. The van der Waals surface area contributed by atoms with Crippen molar-refractivity contribution in [1.29, 1.82) is 0 Å². The van der Waals surface area contributed by atoms with E-state index in [4.69, 9.17) is 18.9 Å². The monoisotopic (exact) mass is 557 g/mol. The molecule has 3 aliphatic rings. The standard InChI is InChI=1S/C34H39NO6/c1-34(2,3)33(37)40-25-12-14-26-28-21-39-29-19-23(36)9-13-27(29)31(28)32(41-30(26)20-25)22-7-10-24(11-8-22)38-18-17-35-15-5-4-6-16-35/h7-14,19-20,32-33,36-37H,4-6,15-18,21H2,1-3H3/t32-,33?/m1/s1.